The first kappa shape index (κ1) is 15.1. The molecule has 0 bridgehead atoms. The van der Waals surface area contributed by atoms with Crippen LogP contribution in [0, 0.1) is 0 Å². The van der Waals surface area contributed by atoms with E-state index in [-0.39, 0.29) is 25.7 Å². The third-order valence-corrected chi connectivity index (χ3v) is 4.32. The molecule has 1 saturated carbocycles. The van der Waals surface area contributed by atoms with Crippen LogP contribution < -0.4 is 9.64 Å². The highest BCUT2D eigenvalue weighted by Gasteiger charge is 2.52. The second-order valence-corrected chi connectivity index (χ2v) is 5.89. The number of amides is 1. The average molecular weight is 311 g/mol. The smallest absolute Gasteiger partial charge is 0.415 e. The van der Waals surface area contributed by atoms with Crippen LogP contribution in [-0.4, -0.2) is 30.8 Å². The minimum Gasteiger partial charge on any atom is -0.492 e. The Bertz CT molecular complexity index is 566. The molecule has 22 heavy (non-hydrogen) atoms. The summed E-state index contributed by atoms with van der Waals surface area (Å²) in [4.78, 5) is 13.7. The lowest BCUT2D eigenvalue weighted by atomic mass is 9.82. The predicted molar refractivity (Wildman–Crippen MR) is 77.6 cm³/mol. The van der Waals surface area contributed by atoms with Crippen molar-refractivity contribution in [2.24, 2.45) is 0 Å². The summed E-state index contributed by atoms with van der Waals surface area (Å²) >= 11 is 0. The van der Waals surface area contributed by atoms with Gasteiger partial charge >= 0.3 is 6.09 Å². The Morgan fingerprint density at radius 1 is 1.23 bits per heavy atom. The third-order valence-electron chi connectivity index (χ3n) is 4.32. The van der Waals surface area contributed by atoms with Gasteiger partial charge in [0.25, 0.3) is 0 Å². The fourth-order valence-corrected chi connectivity index (χ4v) is 3.10. The van der Waals surface area contributed by atoms with Crippen LogP contribution in [0.2, 0.25) is 0 Å². The molecule has 1 heterocycles. The van der Waals surface area contributed by atoms with Crippen molar-refractivity contribution in [1.82, 2.24) is 0 Å². The molecular weight excluding hydrogens is 292 g/mol. The predicted octanol–water partition coefficient (Wildman–Crippen LogP) is 3.99. The molecule has 1 aromatic carbocycles. The summed E-state index contributed by atoms with van der Waals surface area (Å²) in [7, 11) is 0. The fourth-order valence-electron chi connectivity index (χ4n) is 3.10. The molecule has 4 nitrogen and oxygen atoms in total. The summed E-state index contributed by atoms with van der Waals surface area (Å²) in [5, 5.41) is 0. The molecule has 1 amide bonds. The number of carbonyl (C=O) groups is 1. The van der Waals surface area contributed by atoms with Gasteiger partial charge in [-0.05, 0) is 31.9 Å². The zero-order chi connectivity index (χ0) is 15.8. The molecule has 1 aliphatic carbocycles. The minimum atomic E-state index is -2.64. The molecular formula is C16H19F2NO3. The number of carbonyl (C=O) groups excluding carboxylic acids is 1. The summed E-state index contributed by atoms with van der Waals surface area (Å²) in [6.45, 7) is 2.65. The lowest BCUT2D eigenvalue weighted by Crippen LogP contribution is -2.42. The topological polar surface area (TPSA) is 38.8 Å². The molecule has 2 aliphatic rings. The van der Waals surface area contributed by atoms with Crippen LogP contribution in [0.4, 0.5) is 19.3 Å². The Balaban J connectivity index is 1.81. The largest absolute Gasteiger partial charge is 0.492 e. The second kappa shape index (κ2) is 5.41. The molecule has 1 aliphatic heterocycles. The molecule has 0 radical (unpaired) electrons. The van der Waals surface area contributed by atoms with Gasteiger partial charge in [0.1, 0.15) is 11.4 Å². The summed E-state index contributed by atoms with van der Waals surface area (Å²) in [6.07, 6.45) is -0.571. The van der Waals surface area contributed by atoms with Crippen LogP contribution in [-0.2, 0) is 4.74 Å². The summed E-state index contributed by atoms with van der Waals surface area (Å²) < 4.78 is 37.7. The molecule has 0 unspecified atom stereocenters. The van der Waals surface area contributed by atoms with Crippen LogP contribution in [0.25, 0.3) is 0 Å². The van der Waals surface area contributed by atoms with E-state index in [4.69, 9.17) is 9.47 Å². The van der Waals surface area contributed by atoms with E-state index in [1.165, 1.54) is 4.90 Å². The van der Waals surface area contributed by atoms with Gasteiger partial charge in [-0.3, -0.25) is 4.90 Å². The highest BCUT2D eigenvalue weighted by atomic mass is 19.3. The van der Waals surface area contributed by atoms with E-state index in [1.807, 2.05) is 19.1 Å². The molecule has 1 saturated heterocycles. The van der Waals surface area contributed by atoms with Gasteiger partial charge in [-0.1, -0.05) is 12.1 Å². The number of nitrogens with zero attached hydrogens (tertiary/aromatic N) is 1. The van der Waals surface area contributed by atoms with E-state index in [0.717, 1.165) is 0 Å². The molecule has 1 aromatic rings. The molecule has 3 rings (SSSR count). The van der Waals surface area contributed by atoms with Crippen LogP contribution in [0.1, 0.15) is 32.6 Å². The van der Waals surface area contributed by atoms with E-state index >= 15 is 0 Å². The van der Waals surface area contributed by atoms with E-state index in [9.17, 15) is 13.6 Å². The van der Waals surface area contributed by atoms with Gasteiger partial charge in [0.05, 0.1) is 18.8 Å². The number of para-hydroxylation sites is 2. The van der Waals surface area contributed by atoms with Gasteiger partial charge < -0.3 is 9.47 Å². The van der Waals surface area contributed by atoms with Gasteiger partial charge in [0, 0.05) is 12.8 Å². The van der Waals surface area contributed by atoms with Crippen LogP contribution in [0.15, 0.2) is 24.3 Å². The van der Waals surface area contributed by atoms with E-state index in [1.54, 1.807) is 12.1 Å². The van der Waals surface area contributed by atoms with E-state index in [0.29, 0.717) is 24.6 Å². The Kier molecular flexibility index (Phi) is 3.70. The van der Waals surface area contributed by atoms with Crippen molar-refractivity contribution in [1.29, 1.82) is 0 Å². The monoisotopic (exact) mass is 311 g/mol. The lowest BCUT2D eigenvalue weighted by Gasteiger charge is -2.34. The van der Waals surface area contributed by atoms with E-state index in [2.05, 4.69) is 0 Å². The first-order valence-electron chi connectivity index (χ1n) is 7.55. The molecule has 1 spiro atoms. The number of hydrogen-bond acceptors (Lipinski definition) is 3. The second-order valence-electron chi connectivity index (χ2n) is 5.89. The maximum atomic E-state index is 13.3. The maximum absolute atomic E-state index is 13.3. The van der Waals surface area contributed by atoms with Gasteiger partial charge in [-0.15, -0.1) is 0 Å². The minimum absolute atomic E-state index is 0.193. The molecule has 0 aromatic heterocycles. The molecule has 0 atom stereocenters. The number of ether oxygens (including phenoxy) is 2. The molecule has 120 valence electrons. The van der Waals surface area contributed by atoms with Gasteiger partial charge in [-0.2, -0.15) is 0 Å². The number of rotatable bonds is 3. The van der Waals surface area contributed by atoms with Crippen molar-refractivity contribution < 1.29 is 23.0 Å². The summed E-state index contributed by atoms with van der Waals surface area (Å²) in [5.41, 5.74) is -0.165. The highest BCUT2D eigenvalue weighted by Crippen LogP contribution is 2.45. The highest BCUT2D eigenvalue weighted by molar-refractivity contribution is 5.92. The van der Waals surface area contributed by atoms with Crippen LogP contribution >= 0.6 is 0 Å². The number of anilines is 1. The Labute approximate surface area is 128 Å². The van der Waals surface area contributed by atoms with E-state index < -0.39 is 17.6 Å². The standard InChI is InChI=1S/C16H19F2NO3/c1-2-21-13-6-4-3-5-12(13)19-11-15(22-14(19)20)7-9-16(17,18)10-8-15/h3-6H,2,7-11H2,1H3. The Hall–Kier alpha value is -1.85. The third kappa shape index (κ3) is 2.74. The first-order chi connectivity index (χ1) is 10.4. The number of halogens is 2. The van der Waals surface area contributed by atoms with Crippen molar-refractivity contribution in [3.05, 3.63) is 24.3 Å². The molecule has 6 heteroatoms. The maximum Gasteiger partial charge on any atom is 0.415 e. The normalized spacial score (nSPS) is 22.7. The number of benzene rings is 1. The Morgan fingerprint density at radius 2 is 1.91 bits per heavy atom. The number of alkyl halides is 2. The van der Waals surface area contributed by atoms with Crippen LogP contribution in [0.5, 0.6) is 5.75 Å². The van der Waals surface area contributed by atoms with Crippen molar-refractivity contribution in [2.45, 2.75) is 44.1 Å². The summed E-state index contributed by atoms with van der Waals surface area (Å²) in [6, 6.07) is 7.20. The summed E-state index contributed by atoms with van der Waals surface area (Å²) in [5.74, 6) is -2.05. The van der Waals surface area contributed by atoms with Crippen molar-refractivity contribution in [3.8, 4) is 5.75 Å². The fraction of sp³-hybridized carbons (Fsp3) is 0.562. The van der Waals surface area contributed by atoms with Gasteiger partial charge in [0.2, 0.25) is 5.92 Å². The van der Waals surface area contributed by atoms with Crippen molar-refractivity contribution in [3.63, 3.8) is 0 Å². The van der Waals surface area contributed by atoms with Crippen molar-refractivity contribution in [2.75, 3.05) is 18.1 Å². The lowest BCUT2D eigenvalue weighted by molar-refractivity contribution is -0.0905. The SMILES string of the molecule is CCOc1ccccc1N1CC2(CCC(F)(F)CC2)OC1=O. The number of hydrogen-bond donors (Lipinski definition) is 0. The van der Waals surface area contributed by atoms with Gasteiger partial charge in [0.15, 0.2) is 0 Å². The Morgan fingerprint density at radius 3 is 2.59 bits per heavy atom. The zero-order valence-electron chi connectivity index (χ0n) is 12.5. The molecule has 2 fully saturated rings. The van der Waals surface area contributed by atoms with Crippen molar-refractivity contribution >= 4 is 11.8 Å². The quantitative estimate of drug-likeness (QED) is 0.847. The molecule has 0 N–H and O–H groups in total. The van der Waals surface area contributed by atoms with Crippen LogP contribution in [0.3, 0.4) is 0 Å². The zero-order valence-corrected chi connectivity index (χ0v) is 12.5. The van der Waals surface area contributed by atoms with Gasteiger partial charge in [-0.25, -0.2) is 13.6 Å². The first-order valence-corrected chi connectivity index (χ1v) is 7.55. The average Bonchev–Trinajstić information content (AvgIpc) is 2.81.